The highest BCUT2D eigenvalue weighted by Crippen LogP contribution is 2.60. The Labute approximate surface area is 141 Å². The molecule has 24 heavy (non-hydrogen) atoms. The number of aromatic amines is 1. The number of fused-ring (bicyclic) bond motifs is 6. The number of carbonyl (C=O) groups is 2. The lowest BCUT2D eigenvalue weighted by molar-refractivity contribution is -0.129. The topological polar surface area (TPSA) is 79.5 Å². The summed E-state index contributed by atoms with van der Waals surface area (Å²) in [7, 11) is 0. The molecule has 4 heterocycles. The molecular weight excluding hydrogens is 328 g/mol. The quantitative estimate of drug-likeness (QED) is 0.803. The fourth-order valence-electron chi connectivity index (χ4n) is 4.80. The highest BCUT2D eigenvalue weighted by Gasteiger charge is 2.72. The Morgan fingerprint density at radius 1 is 1.12 bits per heavy atom. The van der Waals surface area contributed by atoms with E-state index in [1.54, 1.807) is 18.2 Å². The van der Waals surface area contributed by atoms with Gasteiger partial charge in [-0.2, -0.15) is 0 Å². The van der Waals surface area contributed by atoms with E-state index in [9.17, 15) is 14.4 Å². The number of carbonyl (C=O) groups excluding carboxylic acids is 2. The Bertz CT molecular complexity index is 944. The Balaban J connectivity index is 1.63. The number of amides is 2. The van der Waals surface area contributed by atoms with Gasteiger partial charge in [0.15, 0.2) is 0 Å². The van der Waals surface area contributed by atoms with Crippen LogP contribution in [0.15, 0.2) is 23.0 Å². The molecule has 1 aromatic heterocycles. The van der Waals surface area contributed by atoms with Gasteiger partial charge in [-0.25, -0.2) is 4.90 Å². The van der Waals surface area contributed by atoms with E-state index in [-0.39, 0.29) is 16.7 Å². The maximum atomic E-state index is 13.0. The number of hydrogen-bond donors (Lipinski definition) is 1. The average Bonchev–Trinajstić information content (AvgIpc) is 3.17. The summed E-state index contributed by atoms with van der Waals surface area (Å²) in [6.07, 6.45) is 1.60. The lowest BCUT2D eigenvalue weighted by Crippen LogP contribution is -2.40. The van der Waals surface area contributed by atoms with Gasteiger partial charge in [0.05, 0.1) is 38.9 Å². The highest BCUT2D eigenvalue weighted by molar-refractivity contribution is 7.16. The maximum Gasteiger partial charge on any atom is 0.305 e. The van der Waals surface area contributed by atoms with E-state index in [0.29, 0.717) is 5.69 Å². The number of aromatic nitrogens is 1. The van der Waals surface area contributed by atoms with Crippen LogP contribution in [0.5, 0.6) is 0 Å². The number of nitrogens with zero attached hydrogens (tertiary/aromatic N) is 1. The van der Waals surface area contributed by atoms with Crippen LogP contribution < -0.4 is 9.77 Å². The first kappa shape index (κ1) is 14.4. The summed E-state index contributed by atoms with van der Waals surface area (Å²) < 4.78 is 6.84. The second-order valence-corrected chi connectivity index (χ2v) is 8.40. The number of H-pyrrole nitrogens is 1. The van der Waals surface area contributed by atoms with Crippen molar-refractivity contribution in [2.45, 2.75) is 37.9 Å². The molecule has 0 radical (unpaired) electrons. The van der Waals surface area contributed by atoms with Gasteiger partial charge in [0.1, 0.15) is 0 Å². The number of nitrogens with one attached hydrogen (secondary N) is 1. The SMILES string of the molecule is C[C@]12CC[C@](C)(O1)[C@@H]1C(=O)N(c3ccc4[nH]c(=O)sc4c3)C(=O)[C@@H]12. The summed E-state index contributed by atoms with van der Waals surface area (Å²) in [4.78, 5) is 41.4. The predicted octanol–water partition coefficient (Wildman–Crippen LogP) is 2.04. The molecule has 2 aromatic rings. The van der Waals surface area contributed by atoms with Crippen molar-refractivity contribution in [1.29, 1.82) is 0 Å². The molecule has 0 spiro atoms. The Morgan fingerprint density at radius 2 is 1.75 bits per heavy atom. The van der Waals surface area contributed by atoms with Crippen molar-refractivity contribution in [1.82, 2.24) is 4.98 Å². The van der Waals surface area contributed by atoms with Gasteiger partial charge >= 0.3 is 4.87 Å². The molecule has 0 saturated carbocycles. The highest BCUT2D eigenvalue weighted by atomic mass is 32.1. The molecule has 5 rings (SSSR count). The van der Waals surface area contributed by atoms with E-state index >= 15 is 0 Å². The minimum atomic E-state index is -0.552. The standard InChI is InChI=1S/C17H16N2O4S/c1-16-5-6-17(2,23-16)12-11(16)13(20)19(14(12)21)8-3-4-9-10(7-8)24-15(22)18-9/h3-4,7,11-12H,5-6H2,1-2H3,(H,18,22)/t11-,12+,16-,17+. The lowest BCUT2D eigenvalue weighted by Gasteiger charge is -2.27. The molecular formula is C17H16N2O4S. The van der Waals surface area contributed by atoms with Crippen LogP contribution in [0.1, 0.15) is 26.7 Å². The van der Waals surface area contributed by atoms with Crippen molar-refractivity contribution in [2.24, 2.45) is 11.8 Å². The van der Waals surface area contributed by atoms with Crippen molar-refractivity contribution in [3.05, 3.63) is 27.9 Å². The monoisotopic (exact) mass is 344 g/mol. The lowest BCUT2D eigenvalue weighted by atomic mass is 9.69. The fourth-order valence-corrected chi connectivity index (χ4v) is 5.57. The number of ether oxygens (including phenoxy) is 1. The minimum absolute atomic E-state index is 0.149. The summed E-state index contributed by atoms with van der Waals surface area (Å²) >= 11 is 1.08. The van der Waals surface area contributed by atoms with Crippen molar-refractivity contribution in [3.8, 4) is 0 Å². The molecule has 124 valence electrons. The van der Waals surface area contributed by atoms with Crippen molar-refractivity contribution in [3.63, 3.8) is 0 Å². The third-order valence-electron chi connectivity index (χ3n) is 5.87. The maximum absolute atomic E-state index is 13.0. The van der Waals surface area contributed by atoms with Crippen LogP contribution in [0.4, 0.5) is 5.69 Å². The van der Waals surface area contributed by atoms with E-state index in [1.165, 1.54) is 4.90 Å². The first-order valence-corrected chi connectivity index (χ1v) is 8.85. The second-order valence-electron chi connectivity index (χ2n) is 7.39. The molecule has 3 saturated heterocycles. The molecule has 7 heteroatoms. The van der Waals surface area contributed by atoms with Crippen LogP contribution in [0.2, 0.25) is 0 Å². The van der Waals surface area contributed by atoms with Crippen LogP contribution >= 0.6 is 11.3 Å². The second kappa shape index (κ2) is 4.15. The molecule has 1 aromatic carbocycles. The van der Waals surface area contributed by atoms with Gasteiger partial charge in [-0.3, -0.25) is 14.4 Å². The van der Waals surface area contributed by atoms with Crippen LogP contribution in [0.25, 0.3) is 10.2 Å². The largest absolute Gasteiger partial charge is 0.367 e. The van der Waals surface area contributed by atoms with E-state index in [2.05, 4.69) is 4.98 Å². The van der Waals surface area contributed by atoms with E-state index in [1.807, 2.05) is 13.8 Å². The zero-order valence-corrected chi connectivity index (χ0v) is 14.1. The van der Waals surface area contributed by atoms with Gasteiger partial charge in [-0.1, -0.05) is 11.3 Å². The van der Waals surface area contributed by atoms with Gasteiger partial charge in [-0.15, -0.1) is 0 Å². The van der Waals surface area contributed by atoms with Gasteiger partial charge in [0, 0.05) is 0 Å². The summed E-state index contributed by atoms with van der Waals surface area (Å²) in [6.45, 7) is 3.89. The molecule has 4 atom stereocenters. The Hall–Kier alpha value is -1.99. The van der Waals surface area contributed by atoms with E-state index in [4.69, 9.17) is 4.74 Å². The van der Waals surface area contributed by atoms with Crippen LogP contribution in [-0.2, 0) is 14.3 Å². The fraction of sp³-hybridized carbons (Fsp3) is 0.471. The number of imide groups is 1. The number of hydrogen-bond acceptors (Lipinski definition) is 5. The molecule has 3 aliphatic rings. The van der Waals surface area contributed by atoms with Crippen LogP contribution in [0.3, 0.4) is 0 Å². The third kappa shape index (κ3) is 1.56. The normalized spacial score (nSPS) is 37.7. The van der Waals surface area contributed by atoms with Crippen molar-refractivity contribution >= 4 is 39.1 Å². The first-order chi connectivity index (χ1) is 11.3. The third-order valence-corrected chi connectivity index (χ3v) is 6.71. The summed E-state index contributed by atoms with van der Waals surface area (Å²) in [5, 5.41) is 0. The van der Waals surface area contributed by atoms with Gasteiger partial charge in [0.25, 0.3) is 0 Å². The minimum Gasteiger partial charge on any atom is -0.367 e. The number of rotatable bonds is 1. The summed E-state index contributed by atoms with van der Waals surface area (Å²) in [5.41, 5.74) is 0.150. The van der Waals surface area contributed by atoms with Gasteiger partial charge < -0.3 is 9.72 Å². The summed E-state index contributed by atoms with van der Waals surface area (Å²) in [5.74, 6) is -1.19. The molecule has 1 N–H and O–H groups in total. The van der Waals surface area contributed by atoms with Crippen LogP contribution in [0, 0.1) is 11.8 Å². The number of anilines is 1. The molecule has 0 aliphatic carbocycles. The molecule has 3 fully saturated rings. The zero-order valence-electron chi connectivity index (χ0n) is 13.3. The Kier molecular flexibility index (Phi) is 2.48. The predicted molar refractivity (Wildman–Crippen MR) is 89.0 cm³/mol. The van der Waals surface area contributed by atoms with E-state index < -0.39 is 23.0 Å². The molecule has 3 aliphatic heterocycles. The Morgan fingerprint density at radius 3 is 2.38 bits per heavy atom. The molecule has 2 bridgehead atoms. The zero-order chi connectivity index (χ0) is 16.9. The molecule has 2 amide bonds. The molecule has 6 nitrogen and oxygen atoms in total. The first-order valence-electron chi connectivity index (χ1n) is 8.03. The number of thiazole rings is 1. The van der Waals surface area contributed by atoms with Gasteiger partial charge in [-0.05, 0) is 44.9 Å². The molecule has 0 unspecified atom stereocenters. The smallest absolute Gasteiger partial charge is 0.305 e. The average molecular weight is 344 g/mol. The number of benzene rings is 1. The van der Waals surface area contributed by atoms with Crippen LogP contribution in [-0.4, -0.2) is 28.0 Å². The summed E-state index contributed by atoms with van der Waals surface area (Å²) in [6, 6.07) is 5.20. The van der Waals surface area contributed by atoms with Crippen molar-refractivity contribution < 1.29 is 14.3 Å². The van der Waals surface area contributed by atoms with E-state index in [0.717, 1.165) is 34.4 Å². The van der Waals surface area contributed by atoms with Crippen molar-refractivity contribution in [2.75, 3.05) is 4.90 Å². The van der Waals surface area contributed by atoms with Gasteiger partial charge in [0.2, 0.25) is 11.8 Å².